The van der Waals surface area contributed by atoms with Gasteiger partial charge in [-0.25, -0.2) is 4.74 Å². The van der Waals surface area contributed by atoms with Crippen molar-refractivity contribution in [3.05, 3.63) is 0 Å². The van der Waals surface area contributed by atoms with Gasteiger partial charge in [-0.05, 0) is 11.6 Å². The highest BCUT2D eigenvalue weighted by molar-refractivity contribution is 7.87. The van der Waals surface area contributed by atoms with Crippen molar-refractivity contribution in [3.8, 4) is 0 Å². The van der Waals surface area contributed by atoms with Gasteiger partial charge in [-0.1, -0.05) is 3.89 Å². The van der Waals surface area contributed by atoms with Crippen molar-refractivity contribution in [2.75, 3.05) is 0 Å². The first-order valence-electron chi connectivity index (χ1n) is 3.30. The second-order valence-electron chi connectivity index (χ2n) is 2.59. The predicted octanol–water partition coefficient (Wildman–Crippen LogP) is 2.91. The first kappa shape index (κ1) is 17.6. The minimum absolute atomic E-state index is 1.66. The summed E-state index contributed by atoms with van der Waals surface area (Å²) < 4.78 is 129. The fraction of sp³-hybridized carbons (Fsp3) is 1.00. The van der Waals surface area contributed by atoms with Crippen LogP contribution in [0.4, 0.5) is 39.0 Å². The first-order valence-corrected chi connectivity index (χ1v) is 5.06. The van der Waals surface area contributed by atoms with Gasteiger partial charge in [0.05, 0.1) is 0 Å². The van der Waals surface area contributed by atoms with Crippen LogP contribution in [0.1, 0.15) is 0 Å². The van der Waals surface area contributed by atoms with E-state index in [1.807, 2.05) is 0 Å². The van der Waals surface area contributed by atoms with Gasteiger partial charge >= 0.3 is 33.1 Å². The van der Waals surface area contributed by atoms with Crippen molar-refractivity contribution in [3.63, 3.8) is 0 Å². The zero-order chi connectivity index (χ0) is 15.2. The van der Waals surface area contributed by atoms with Crippen molar-refractivity contribution >= 4 is 21.8 Å². The highest BCUT2D eigenvalue weighted by Crippen LogP contribution is 2.48. The normalized spacial score (nSPS) is 15.9. The maximum Gasteiger partial charge on any atom is 0.464 e. The predicted molar refractivity (Wildman–Crippen MR) is 36.8 cm³/mol. The molecule has 0 rings (SSSR count). The summed E-state index contributed by atoms with van der Waals surface area (Å²) in [5, 5.41) is -12.7. The van der Waals surface area contributed by atoms with E-state index in [0.717, 1.165) is 0 Å². The molecule has 0 aromatic rings. The Morgan fingerprint density at radius 1 is 0.833 bits per heavy atom. The molecule has 0 amide bonds. The molecule has 0 N–H and O–H groups in total. The zero-order valence-corrected chi connectivity index (χ0v) is 8.99. The van der Waals surface area contributed by atoms with E-state index in [4.69, 9.17) is 0 Å². The molecule has 0 saturated carbocycles. The van der Waals surface area contributed by atoms with Crippen molar-refractivity contribution in [1.29, 1.82) is 0 Å². The van der Waals surface area contributed by atoms with Gasteiger partial charge in [0.2, 0.25) is 0 Å². The molecule has 0 radical (unpaired) electrons. The Hall–Kier alpha value is -0.430. The molecule has 14 heteroatoms. The molecule has 0 aliphatic rings. The van der Waals surface area contributed by atoms with Gasteiger partial charge in [0.15, 0.2) is 0 Å². The monoisotopic (exact) mass is 334 g/mol. The molecular weight excluding hydrogens is 335 g/mol. The van der Waals surface area contributed by atoms with Crippen LogP contribution < -0.4 is 0 Å². The van der Waals surface area contributed by atoms with Crippen molar-refractivity contribution in [2.24, 2.45) is 0 Å². The second-order valence-corrected chi connectivity index (χ2v) is 4.45. The average molecular weight is 335 g/mol. The van der Waals surface area contributed by atoms with Gasteiger partial charge in [-0.15, -0.1) is 0 Å². The van der Waals surface area contributed by atoms with Crippen molar-refractivity contribution in [2.45, 2.75) is 22.9 Å². The molecule has 0 fully saturated rings. The molecule has 110 valence electrons. The zero-order valence-electron chi connectivity index (χ0n) is 7.41. The van der Waals surface area contributed by atoms with E-state index in [1.54, 1.807) is 4.74 Å². The molecule has 0 saturated heterocycles. The largest absolute Gasteiger partial charge is 0.464 e. The van der Waals surface area contributed by atoms with Gasteiger partial charge in [0.25, 0.3) is 0 Å². The Labute approximate surface area is 97.7 Å². The highest BCUT2D eigenvalue weighted by atomic mass is 35.5. The van der Waals surface area contributed by atoms with E-state index in [1.165, 1.54) is 0 Å². The molecule has 0 aliphatic heterocycles. The molecular formula is C4ClF9O3S. The number of hydrogen-bond donors (Lipinski definition) is 0. The Morgan fingerprint density at radius 2 is 1.17 bits per heavy atom. The van der Waals surface area contributed by atoms with Crippen LogP contribution in [0.5, 0.6) is 0 Å². The van der Waals surface area contributed by atoms with Crippen LogP contribution in [-0.4, -0.2) is 31.3 Å². The summed E-state index contributed by atoms with van der Waals surface area (Å²) in [6.45, 7) is 0. The summed E-state index contributed by atoms with van der Waals surface area (Å²) in [5.41, 5.74) is 0. The third-order valence-electron chi connectivity index (χ3n) is 1.23. The minimum Gasteiger partial charge on any atom is -0.243 e. The van der Waals surface area contributed by atoms with E-state index < -0.39 is 33.1 Å². The fourth-order valence-electron chi connectivity index (χ4n) is 0.420. The summed E-state index contributed by atoms with van der Waals surface area (Å²) >= 11 is 3.57. The first-order chi connectivity index (χ1) is 7.46. The lowest BCUT2D eigenvalue weighted by Crippen LogP contribution is -2.53. The maximum atomic E-state index is 12.3. The molecule has 0 spiro atoms. The van der Waals surface area contributed by atoms with Crippen LogP contribution in [0.3, 0.4) is 0 Å². The van der Waals surface area contributed by atoms with Gasteiger partial charge in [0.1, 0.15) is 0 Å². The summed E-state index contributed by atoms with van der Waals surface area (Å²) in [5.74, 6) is 0. The topological polar surface area (TPSA) is 43.4 Å². The Morgan fingerprint density at radius 3 is 1.39 bits per heavy atom. The van der Waals surface area contributed by atoms with E-state index >= 15 is 0 Å². The second kappa shape index (κ2) is 4.30. The summed E-state index contributed by atoms with van der Waals surface area (Å²) in [4.78, 5) is 0. The highest BCUT2D eigenvalue weighted by Gasteiger charge is 2.74. The van der Waals surface area contributed by atoms with Gasteiger partial charge in [0, 0.05) is 0 Å². The standard InChI is InChI=1S/C4ClF9O3S/c5-1(6,7)2(8,9)17-3(10,11)4(12,13)18(14,15)16. The molecule has 0 aromatic heterocycles. The molecule has 0 bridgehead atoms. The molecule has 0 atom stereocenters. The number of rotatable bonds is 5. The van der Waals surface area contributed by atoms with Gasteiger partial charge in [-0.3, -0.25) is 0 Å². The lowest BCUT2D eigenvalue weighted by molar-refractivity contribution is -0.443. The Bertz CT molecular complexity index is 412. The molecule has 18 heavy (non-hydrogen) atoms. The van der Waals surface area contributed by atoms with Crippen LogP contribution in [-0.2, 0) is 15.0 Å². The quantitative estimate of drug-likeness (QED) is 0.441. The lowest BCUT2D eigenvalue weighted by atomic mass is 10.6. The Balaban J connectivity index is 5.47. The SMILES string of the molecule is O=S(=O)(F)C(F)(F)C(F)(F)OC(F)(F)C(F)(F)Cl. The molecule has 0 aromatic carbocycles. The Kier molecular flexibility index (Phi) is 4.20. The number of halogens is 10. The third-order valence-corrected chi connectivity index (χ3v) is 2.30. The van der Waals surface area contributed by atoms with E-state index in [-0.39, 0.29) is 0 Å². The minimum atomic E-state index is -7.41. The average Bonchev–Trinajstić information content (AvgIpc) is 1.96. The van der Waals surface area contributed by atoms with Crippen LogP contribution in [0.25, 0.3) is 0 Å². The van der Waals surface area contributed by atoms with Crippen LogP contribution in [0.15, 0.2) is 0 Å². The third kappa shape index (κ3) is 3.12. The molecule has 3 nitrogen and oxygen atoms in total. The van der Waals surface area contributed by atoms with Crippen LogP contribution in [0, 0.1) is 0 Å². The number of hydrogen-bond acceptors (Lipinski definition) is 3. The van der Waals surface area contributed by atoms with E-state index in [9.17, 15) is 47.4 Å². The van der Waals surface area contributed by atoms with E-state index in [2.05, 4.69) is 11.6 Å². The van der Waals surface area contributed by atoms with Crippen molar-refractivity contribution in [1.82, 2.24) is 0 Å². The molecule has 0 heterocycles. The number of alkyl halides is 9. The summed E-state index contributed by atoms with van der Waals surface area (Å²) in [7, 11) is -7.41. The smallest absolute Gasteiger partial charge is 0.243 e. The van der Waals surface area contributed by atoms with Gasteiger partial charge < -0.3 is 0 Å². The molecule has 0 aliphatic carbocycles. The maximum absolute atomic E-state index is 12.3. The number of ether oxygens (including phenoxy) is 1. The van der Waals surface area contributed by atoms with Gasteiger partial charge in [-0.2, -0.15) is 43.5 Å². The van der Waals surface area contributed by atoms with Crippen LogP contribution in [0.2, 0.25) is 0 Å². The summed E-state index contributed by atoms with van der Waals surface area (Å²) in [6, 6.07) is 0. The lowest BCUT2D eigenvalue weighted by Gasteiger charge is -2.28. The van der Waals surface area contributed by atoms with Crippen LogP contribution >= 0.6 is 11.6 Å². The fourth-order valence-corrected chi connectivity index (χ4v) is 0.784. The van der Waals surface area contributed by atoms with E-state index in [0.29, 0.717) is 0 Å². The molecule has 0 unspecified atom stereocenters. The summed E-state index contributed by atoms with van der Waals surface area (Å²) in [6.07, 6.45) is -13.2. The van der Waals surface area contributed by atoms with Crippen molar-refractivity contribution < 1.29 is 52.2 Å².